The molecule has 0 saturated carbocycles. The van der Waals surface area contributed by atoms with Crippen molar-refractivity contribution in [3.05, 3.63) is 0 Å². The second-order valence-corrected chi connectivity index (χ2v) is 4.01. The molecule has 1 amide bonds. The van der Waals surface area contributed by atoms with E-state index in [-0.39, 0.29) is 5.91 Å². The largest absolute Gasteiger partial charge is 0.342 e. The summed E-state index contributed by atoms with van der Waals surface area (Å²) in [5, 5.41) is 2.87. The number of nitrogens with zero attached hydrogens (tertiary/aromatic N) is 1. The average molecular weight is 186 g/mol. The molecule has 0 bridgehead atoms. The Balaban J connectivity index is 3.93. The normalized spacial score (nSPS) is 13.1. The molecular formula is C10H22N2O. The van der Waals surface area contributed by atoms with Crippen LogP contribution in [0.4, 0.5) is 0 Å². The Morgan fingerprint density at radius 2 is 1.92 bits per heavy atom. The Hall–Kier alpha value is -0.570. The second kappa shape index (κ2) is 5.97. The zero-order valence-electron chi connectivity index (χ0n) is 9.42. The van der Waals surface area contributed by atoms with Crippen LogP contribution in [-0.2, 0) is 4.79 Å². The van der Waals surface area contributed by atoms with Gasteiger partial charge in [0.05, 0.1) is 6.54 Å². The molecule has 0 radical (unpaired) electrons. The van der Waals surface area contributed by atoms with Crippen molar-refractivity contribution in [1.82, 2.24) is 10.2 Å². The lowest BCUT2D eigenvalue weighted by Crippen LogP contribution is -2.40. The van der Waals surface area contributed by atoms with Crippen LogP contribution in [-0.4, -0.2) is 37.5 Å². The highest BCUT2D eigenvalue weighted by molar-refractivity contribution is 5.78. The van der Waals surface area contributed by atoms with Gasteiger partial charge in [0.2, 0.25) is 5.91 Å². The molecule has 0 aliphatic heterocycles. The zero-order valence-corrected chi connectivity index (χ0v) is 9.42. The van der Waals surface area contributed by atoms with E-state index in [0.29, 0.717) is 18.5 Å². The minimum Gasteiger partial charge on any atom is -0.342 e. The Labute approximate surface area is 81.5 Å². The lowest BCUT2D eigenvalue weighted by atomic mass is 10.0. The minimum absolute atomic E-state index is 0.163. The SMILES string of the molecule is CNCC(=O)N(C)C(C)CC(C)C. The molecular weight excluding hydrogens is 164 g/mol. The highest BCUT2D eigenvalue weighted by atomic mass is 16.2. The van der Waals surface area contributed by atoms with Crippen LogP contribution >= 0.6 is 0 Å². The van der Waals surface area contributed by atoms with Crippen LogP contribution in [0.15, 0.2) is 0 Å². The maximum absolute atomic E-state index is 11.4. The maximum atomic E-state index is 11.4. The standard InChI is InChI=1S/C10H22N2O/c1-8(2)6-9(3)12(5)10(13)7-11-4/h8-9,11H,6-7H2,1-5H3. The molecule has 0 aromatic carbocycles. The van der Waals surface area contributed by atoms with Crippen molar-refractivity contribution in [3.63, 3.8) is 0 Å². The van der Waals surface area contributed by atoms with Gasteiger partial charge in [0.1, 0.15) is 0 Å². The highest BCUT2D eigenvalue weighted by Crippen LogP contribution is 2.09. The summed E-state index contributed by atoms with van der Waals surface area (Å²) in [6, 6.07) is 0.334. The fraction of sp³-hybridized carbons (Fsp3) is 0.900. The molecule has 0 aromatic rings. The predicted molar refractivity (Wildman–Crippen MR) is 55.6 cm³/mol. The van der Waals surface area contributed by atoms with E-state index in [4.69, 9.17) is 0 Å². The first-order valence-electron chi connectivity index (χ1n) is 4.89. The summed E-state index contributed by atoms with van der Waals surface area (Å²) in [6.45, 7) is 6.87. The summed E-state index contributed by atoms with van der Waals surface area (Å²) in [4.78, 5) is 13.2. The van der Waals surface area contributed by atoms with Gasteiger partial charge >= 0.3 is 0 Å². The summed E-state index contributed by atoms with van der Waals surface area (Å²) in [5.41, 5.74) is 0. The zero-order chi connectivity index (χ0) is 10.4. The smallest absolute Gasteiger partial charge is 0.236 e. The molecule has 0 saturated heterocycles. The van der Waals surface area contributed by atoms with Gasteiger partial charge in [-0.1, -0.05) is 13.8 Å². The van der Waals surface area contributed by atoms with Crippen LogP contribution in [0, 0.1) is 5.92 Å². The first-order chi connectivity index (χ1) is 5.99. The van der Waals surface area contributed by atoms with Crippen molar-refractivity contribution in [2.45, 2.75) is 33.2 Å². The summed E-state index contributed by atoms with van der Waals surface area (Å²) >= 11 is 0. The number of hydrogen-bond acceptors (Lipinski definition) is 2. The van der Waals surface area contributed by atoms with Crippen LogP contribution < -0.4 is 5.32 Å². The molecule has 0 rings (SSSR count). The van der Waals surface area contributed by atoms with Crippen LogP contribution in [0.2, 0.25) is 0 Å². The van der Waals surface area contributed by atoms with E-state index in [1.54, 1.807) is 7.05 Å². The first-order valence-corrected chi connectivity index (χ1v) is 4.89. The third kappa shape index (κ3) is 4.88. The highest BCUT2D eigenvalue weighted by Gasteiger charge is 2.15. The van der Waals surface area contributed by atoms with Crippen LogP contribution in [0.25, 0.3) is 0 Å². The Morgan fingerprint density at radius 1 is 1.38 bits per heavy atom. The van der Waals surface area contributed by atoms with Gasteiger partial charge in [0.15, 0.2) is 0 Å². The van der Waals surface area contributed by atoms with Crippen molar-refractivity contribution < 1.29 is 4.79 Å². The summed E-state index contributed by atoms with van der Waals surface area (Å²) in [7, 11) is 3.66. The molecule has 0 fully saturated rings. The lowest BCUT2D eigenvalue weighted by molar-refractivity contribution is -0.130. The second-order valence-electron chi connectivity index (χ2n) is 4.01. The first kappa shape index (κ1) is 12.4. The summed E-state index contributed by atoms with van der Waals surface area (Å²) in [5.74, 6) is 0.801. The van der Waals surface area contributed by atoms with Gasteiger partial charge in [-0.15, -0.1) is 0 Å². The number of carbonyl (C=O) groups excluding carboxylic acids is 1. The van der Waals surface area contributed by atoms with Gasteiger partial charge in [0, 0.05) is 13.1 Å². The lowest BCUT2D eigenvalue weighted by Gasteiger charge is -2.26. The summed E-state index contributed by atoms with van der Waals surface area (Å²) in [6.07, 6.45) is 1.06. The van der Waals surface area contributed by atoms with E-state index in [1.807, 2.05) is 11.9 Å². The van der Waals surface area contributed by atoms with Gasteiger partial charge in [-0.25, -0.2) is 0 Å². The maximum Gasteiger partial charge on any atom is 0.236 e. The average Bonchev–Trinajstić information content (AvgIpc) is 2.02. The molecule has 0 heterocycles. The molecule has 0 aliphatic carbocycles. The van der Waals surface area contributed by atoms with Gasteiger partial charge in [-0.2, -0.15) is 0 Å². The van der Waals surface area contributed by atoms with Crippen LogP contribution in [0.1, 0.15) is 27.2 Å². The van der Waals surface area contributed by atoms with Crippen LogP contribution in [0.3, 0.4) is 0 Å². The third-order valence-corrected chi connectivity index (χ3v) is 2.20. The number of carbonyl (C=O) groups is 1. The number of nitrogens with one attached hydrogen (secondary N) is 1. The number of amides is 1. The molecule has 3 nitrogen and oxygen atoms in total. The molecule has 3 heteroatoms. The molecule has 0 aromatic heterocycles. The van der Waals surface area contributed by atoms with Gasteiger partial charge in [-0.3, -0.25) is 4.79 Å². The molecule has 0 spiro atoms. The molecule has 0 aliphatic rings. The molecule has 1 unspecified atom stereocenters. The summed E-state index contributed by atoms with van der Waals surface area (Å²) < 4.78 is 0. The predicted octanol–water partition coefficient (Wildman–Crippen LogP) is 1.10. The molecule has 13 heavy (non-hydrogen) atoms. The number of likely N-dealkylation sites (N-methyl/N-ethyl adjacent to an activating group) is 2. The van der Waals surface area contributed by atoms with Crippen molar-refractivity contribution in [3.8, 4) is 0 Å². The fourth-order valence-electron chi connectivity index (χ4n) is 1.36. The van der Waals surface area contributed by atoms with Crippen molar-refractivity contribution in [2.75, 3.05) is 20.6 Å². The molecule has 78 valence electrons. The van der Waals surface area contributed by atoms with Gasteiger partial charge in [-0.05, 0) is 26.3 Å². The Morgan fingerprint density at radius 3 is 2.31 bits per heavy atom. The van der Waals surface area contributed by atoms with Crippen molar-refractivity contribution in [2.24, 2.45) is 5.92 Å². The van der Waals surface area contributed by atoms with Crippen molar-refractivity contribution in [1.29, 1.82) is 0 Å². The van der Waals surface area contributed by atoms with E-state index >= 15 is 0 Å². The molecule has 1 atom stereocenters. The van der Waals surface area contributed by atoms with E-state index in [1.165, 1.54) is 0 Å². The number of hydrogen-bond donors (Lipinski definition) is 1. The fourth-order valence-corrected chi connectivity index (χ4v) is 1.36. The van der Waals surface area contributed by atoms with Gasteiger partial charge < -0.3 is 10.2 Å². The topological polar surface area (TPSA) is 32.3 Å². The van der Waals surface area contributed by atoms with E-state index in [2.05, 4.69) is 26.1 Å². The molecule has 1 N–H and O–H groups in total. The van der Waals surface area contributed by atoms with Gasteiger partial charge in [0.25, 0.3) is 0 Å². The third-order valence-electron chi connectivity index (χ3n) is 2.20. The van der Waals surface area contributed by atoms with E-state index in [9.17, 15) is 4.79 Å². The number of rotatable bonds is 5. The Kier molecular flexibility index (Phi) is 5.71. The van der Waals surface area contributed by atoms with E-state index < -0.39 is 0 Å². The van der Waals surface area contributed by atoms with Crippen molar-refractivity contribution >= 4 is 5.91 Å². The van der Waals surface area contributed by atoms with Crippen LogP contribution in [0.5, 0.6) is 0 Å². The minimum atomic E-state index is 0.163. The Bertz CT molecular complexity index is 157. The quantitative estimate of drug-likeness (QED) is 0.697. The monoisotopic (exact) mass is 186 g/mol. The van der Waals surface area contributed by atoms with E-state index in [0.717, 1.165) is 6.42 Å².